The van der Waals surface area contributed by atoms with Crippen LogP contribution in [0.25, 0.3) is 0 Å². The van der Waals surface area contributed by atoms with Crippen molar-refractivity contribution in [3.63, 3.8) is 0 Å². The Balaban J connectivity index is 1.58. The minimum Gasteiger partial charge on any atom is -0.493 e. The lowest BCUT2D eigenvalue weighted by molar-refractivity contribution is 0.0562. The first kappa shape index (κ1) is 15.1. The van der Waals surface area contributed by atoms with Crippen LogP contribution >= 0.6 is 0 Å². The molecular formula is C17H24N2O4. The Morgan fingerprint density at radius 3 is 2.96 bits per heavy atom. The highest BCUT2D eigenvalue weighted by atomic mass is 16.7. The number of rotatable bonds is 3. The number of hydrogen-bond donors (Lipinski definition) is 0. The average Bonchev–Trinajstić information content (AvgIpc) is 2.85. The third-order valence-corrected chi connectivity index (χ3v) is 4.87. The van der Waals surface area contributed by atoms with Crippen molar-refractivity contribution in [1.29, 1.82) is 0 Å². The molecule has 0 aromatic heterocycles. The van der Waals surface area contributed by atoms with Crippen molar-refractivity contribution in [2.45, 2.75) is 12.6 Å². The topological polar surface area (TPSA) is 43.4 Å². The molecule has 3 aliphatic rings. The molecule has 3 heterocycles. The molecule has 0 aliphatic carbocycles. The van der Waals surface area contributed by atoms with E-state index in [2.05, 4.69) is 29.0 Å². The largest absolute Gasteiger partial charge is 0.493 e. The van der Waals surface area contributed by atoms with E-state index in [4.69, 9.17) is 18.9 Å². The van der Waals surface area contributed by atoms with E-state index < -0.39 is 0 Å². The van der Waals surface area contributed by atoms with Crippen molar-refractivity contribution in [2.24, 2.45) is 5.92 Å². The molecule has 2 saturated heterocycles. The molecule has 6 nitrogen and oxygen atoms in total. The molecule has 0 amide bonds. The normalized spacial score (nSPS) is 27.7. The summed E-state index contributed by atoms with van der Waals surface area (Å²) in [6, 6.07) is 4.57. The van der Waals surface area contributed by atoms with Crippen molar-refractivity contribution in [3.05, 3.63) is 17.7 Å². The summed E-state index contributed by atoms with van der Waals surface area (Å²) in [6.45, 7) is 6.05. The number of hydrogen-bond acceptors (Lipinski definition) is 6. The molecule has 0 radical (unpaired) electrons. The molecule has 3 aliphatic heterocycles. The summed E-state index contributed by atoms with van der Waals surface area (Å²) >= 11 is 0. The minimum absolute atomic E-state index is 0.266. The smallest absolute Gasteiger partial charge is 0.231 e. The lowest BCUT2D eigenvalue weighted by atomic mass is 10.1. The SMILES string of the molecule is COc1cc(CN2C[C@H]3COC[C@@H]2CN(C)C3)cc2c1OCO2. The van der Waals surface area contributed by atoms with Crippen molar-refractivity contribution >= 4 is 0 Å². The molecule has 126 valence electrons. The highest BCUT2D eigenvalue weighted by Crippen LogP contribution is 2.42. The van der Waals surface area contributed by atoms with Gasteiger partial charge in [0, 0.05) is 38.1 Å². The van der Waals surface area contributed by atoms with E-state index in [9.17, 15) is 0 Å². The Labute approximate surface area is 136 Å². The van der Waals surface area contributed by atoms with Crippen molar-refractivity contribution in [2.75, 3.05) is 53.8 Å². The van der Waals surface area contributed by atoms with Crippen LogP contribution in [0.3, 0.4) is 0 Å². The third-order valence-electron chi connectivity index (χ3n) is 4.87. The van der Waals surface area contributed by atoms with Crippen LogP contribution in [0.2, 0.25) is 0 Å². The van der Waals surface area contributed by atoms with E-state index in [1.165, 1.54) is 5.56 Å². The fourth-order valence-electron chi connectivity index (χ4n) is 3.87. The first-order valence-electron chi connectivity index (χ1n) is 8.20. The van der Waals surface area contributed by atoms with Gasteiger partial charge in [0.2, 0.25) is 12.5 Å². The standard InChI is InChI=1S/C17H24N2O4/c1-18-5-13-7-19(14(8-18)10-21-9-13)6-12-3-15(20-2)17-16(4-12)22-11-23-17/h3-4,13-14H,5-11H2,1-2H3/t13-,14-/m0/s1. The predicted molar refractivity (Wildman–Crippen MR) is 85.1 cm³/mol. The number of benzene rings is 1. The highest BCUT2D eigenvalue weighted by Gasteiger charge is 2.32. The van der Waals surface area contributed by atoms with Gasteiger partial charge in [0.25, 0.3) is 0 Å². The third kappa shape index (κ3) is 2.98. The molecule has 4 rings (SSSR count). The van der Waals surface area contributed by atoms with Crippen molar-refractivity contribution < 1.29 is 18.9 Å². The van der Waals surface area contributed by atoms with Crippen LogP contribution < -0.4 is 14.2 Å². The average molecular weight is 320 g/mol. The molecule has 0 saturated carbocycles. The fourth-order valence-corrected chi connectivity index (χ4v) is 3.87. The van der Waals surface area contributed by atoms with Crippen molar-refractivity contribution in [1.82, 2.24) is 9.80 Å². The van der Waals surface area contributed by atoms with E-state index in [1.807, 2.05) is 0 Å². The van der Waals surface area contributed by atoms with Gasteiger partial charge in [0.05, 0.1) is 20.3 Å². The molecule has 23 heavy (non-hydrogen) atoms. The Morgan fingerprint density at radius 1 is 1.17 bits per heavy atom. The van der Waals surface area contributed by atoms with Gasteiger partial charge < -0.3 is 23.8 Å². The molecule has 2 bridgehead atoms. The number of ether oxygens (including phenoxy) is 4. The van der Waals surface area contributed by atoms with Gasteiger partial charge in [-0.1, -0.05) is 0 Å². The van der Waals surface area contributed by atoms with Gasteiger partial charge in [0.15, 0.2) is 11.5 Å². The van der Waals surface area contributed by atoms with Gasteiger partial charge in [-0.25, -0.2) is 0 Å². The Bertz CT molecular complexity index is 580. The van der Waals surface area contributed by atoms with E-state index >= 15 is 0 Å². The Kier molecular flexibility index (Phi) is 4.05. The van der Waals surface area contributed by atoms with Crippen LogP contribution in [-0.2, 0) is 11.3 Å². The maximum absolute atomic E-state index is 5.86. The summed E-state index contributed by atoms with van der Waals surface area (Å²) < 4.78 is 22.3. The highest BCUT2D eigenvalue weighted by molar-refractivity contribution is 5.55. The maximum Gasteiger partial charge on any atom is 0.231 e. The lowest BCUT2D eigenvalue weighted by Gasteiger charge is -2.29. The zero-order valence-electron chi connectivity index (χ0n) is 13.8. The minimum atomic E-state index is 0.266. The summed E-state index contributed by atoms with van der Waals surface area (Å²) in [5.41, 5.74) is 1.20. The Morgan fingerprint density at radius 2 is 2.09 bits per heavy atom. The van der Waals surface area contributed by atoms with Crippen LogP contribution in [0.5, 0.6) is 17.2 Å². The molecule has 2 atom stereocenters. The number of nitrogens with zero attached hydrogens (tertiary/aromatic N) is 2. The van der Waals surface area contributed by atoms with Crippen LogP contribution in [0.15, 0.2) is 12.1 Å². The number of methoxy groups -OCH3 is 1. The Hall–Kier alpha value is -1.50. The number of likely N-dealkylation sites (N-methyl/N-ethyl adjacent to an activating group) is 1. The molecular weight excluding hydrogens is 296 g/mol. The molecule has 0 unspecified atom stereocenters. The summed E-state index contributed by atoms with van der Waals surface area (Å²) in [5, 5.41) is 0. The summed E-state index contributed by atoms with van der Waals surface area (Å²) in [4.78, 5) is 4.97. The van der Waals surface area contributed by atoms with Gasteiger partial charge in [-0.3, -0.25) is 4.90 Å². The van der Waals surface area contributed by atoms with Gasteiger partial charge in [0.1, 0.15) is 0 Å². The first-order valence-corrected chi connectivity index (χ1v) is 8.20. The molecule has 2 fully saturated rings. The molecule has 1 aromatic rings. The maximum atomic E-state index is 5.86. The quantitative estimate of drug-likeness (QED) is 0.833. The second kappa shape index (κ2) is 6.19. The van der Waals surface area contributed by atoms with E-state index in [0.717, 1.165) is 50.9 Å². The number of fused-ring (bicyclic) bond motifs is 4. The van der Waals surface area contributed by atoms with Gasteiger partial charge >= 0.3 is 0 Å². The predicted octanol–water partition coefficient (Wildman–Crippen LogP) is 1.19. The zero-order valence-corrected chi connectivity index (χ0v) is 13.8. The van der Waals surface area contributed by atoms with Crippen LogP contribution in [0, 0.1) is 5.92 Å². The van der Waals surface area contributed by atoms with Crippen LogP contribution in [0.4, 0.5) is 0 Å². The fraction of sp³-hybridized carbons (Fsp3) is 0.647. The molecule has 6 heteroatoms. The molecule has 0 N–H and O–H groups in total. The van der Waals surface area contributed by atoms with Crippen LogP contribution in [0.1, 0.15) is 5.56 Å². The zero-order chi connectivity index (χ0) is 15.8. The van der Waals surface area contributed by atoms with Gasteiger partial charge in [-0.2, -0.15) is 0 Å². The molecule has 0 spiro atoms. The van der Waals surface area contributed by atoms with Crippen molar-refractivity contribution in [3.8, 4) is 17.2 Å². The van der Waals surface area contributed by atoms with E-state index in [0.29, 0.717) is 17.7 Å². The van der Waals surface area contributed by atoms with E-state index in [-0.39, 0.29) is 6.79 Å². The molecule has 1 aromatic carbocycles. The summed E-state index contributed by atoms with van der Waals surface area (Å²) in [7, 11) is 3.88. The van der Waals surface area contributed by atoms with Crippen LogP contribution in [-0.4, -0.2) is 69.6 Å². The van der Waals surface area contributed by atoms with Gasteiger partial charge in [-0.15, -0.1) is 0 Å². The second-order valence-corrected chi connectivity index (χ2v) is 6.74. The summed E-state index contributed by atoms with van der Waals surface area (Å²) in [6.07, 6.45) is 0. The lowest BCUT2D eigenvalue weighted by Crippen LogP contribution is -2.42. The summed E-state index contributed by atoms with van der Waals surface area (Å²) in [5.74, 6) is 2.82. The van der Waals surface area contributed by atoms with Gasteiger partial charge in [-0.05, 0) is 24.7 Å². The second-order valence-electron chi connectivity index (χ2n) is 6.74. The monoisotopic (exact) mass is 320 g/mol. The van der Waals surface area contributed by atoms with E-state index in [1.54, 1.807) is 7.11 Å². The first-order chi connectivity index (χ1) is 11.2.